The van der Waals surface area contributed by atoms with Crippen molar-refractivity contribution in [2.45, 2.75) is 13.5 Å². The van der Waals surface area contributed by atoms with Gasteiger partial charge in [0, 0.05) is 19.3 Å². The lowest BCUT2D eigenvalue weighted by atomic mass is 10.3. The van der Waals surface area contributed by atoms with Gasteiger partial charge in [0.25, 0.3) is 0 Å². The Morgan fingerprint density at radius 3 is 3.12 bits per heavy atom. The number of aromatic nitrogens is 1. The average Bonchev–Trinajstić information content (AvgIpc) is 2.34. The van der Waals surface area contributed by atoms with Crippen molar-refractivity contribution >= 4 is 11.8 Å². The molecule has 0 aliphatic heterocycles. The highest BCUT2D eigenvalue weighted by Gasteiger charge is 2.01. The number of nitrogens with zero attached hydrogens (tertiary/aromatic N) is 3. The number of rotatable bonds is 4. The van der Waals surface area contributed by atoms with Gasteiger partial charge in [0.05, 0.1) is 6.54 Å². The lowest BCUT2D eigenvalue weighted by Gasteiger charge is -2.04. The fraction of sp³-hybridized carbons (Fsp3) is 0.273. The maximum absolute atomic E-state index is 10.6. The standard InChI is InChI=1S/C11H12N4O2/c1-9(16)17-7-11(15-8-12)14-6-10-3-2-4-13-5-10/h2-5H,6-7H2,1H3,(H,14,15). The molecule has 0 saturated heterocycles. The molecule has 0 saturated carbocycles. The quantitative estimate of drug-likeness (QED) is 0.270. The van der Waals surface area contributed by atoms with Crippen LogP contribution in [0.15, 0.2) is 29.5 Å². The Bertz CT molecular complexity index is 437. The summed E-state index contributed by atoms with van der Waals surface area (Å²) in [6, 6.07) is 3.67. The normalized spacial score (nSPS) is 10.5. The summed E-state index contributed by atoms with van der Waals surface area (Å²) in [5, 5.41) is 10.9. The smallest absolute Gasteiger partial charge is 0.303 e. The van der Waals surface area contributed by atoms with Gasteiger partial charge < -0.3 is 4.74 Å². The molecular formula is C11H12N4O2. The van der Waals surface area contributed by atoms with E-state index in [0.717, 1.165) is 5.56 Å². The topological polar surface area (TPSA) is 87.4 Å². The number of nitrogens with one attached hydrogen (secondary N) is 1. The van der Waals surface area contributed by atoms with E-state index in [1.807, 2.05) is 6.07 Å². The molecule has 0 aliphatic carbocycles. The van der Waals surface area contributed by atoms with Crippen molar-refractivity contribution in [2.75, 3.05) is 6.61 Å². The summed E-state index contributed by atoms with van der Waals surface area (Å²) < 4.78 is 4.75. The van der Waals surface area contributed by atoms with E-state index < -0.39 is 5.97 Å². The van der Waals surface area contributed by atoms with Crippen LogP contribution in [-0.4, -0.2) is 23.4 Å². The third kappa shape index (κ3) is 5.28. The molecule has 0 unspecified atom stereocenters. The van der Waals surface area contributed by atoms with E-state index in [1.165, 1.54) is 6.92 Å². The van der Waals surface area contributed by atoms with Gasteiger partial charge in [0.15, 0.2) is 6.19 Å². The molecule has 6 heteroatoms. The van der Waals surface area contributed by atoms with Gasteiger partial charge in [-0.3, -0.25) is 20.1 Å². The molecule has 0 bridgehead atoms. The SMILES string of the molecule is CC(=O)OCC(=NCc1cccnc1)NC#N. The predicted molar refractivity (Wildman–Crippen MR) is 60.8 cm³/mol. The number of esters is 1. The van der Waals surface area contributed by atoms with Crippen LogP contribution in [-0.2, 0) is 16.1 Å². The molecule has 88 valence electrons. The zero-order valence-electron chi connectivity index (χ0n) is 9.38. The zero-order valence-corrected chi connectivity index (χ0v) is 9.38. The molecular weight excluding hydrogens is 220 g/mol. The van der Waals surface area contributed by atoms with Crippen LogP contribution in [0.3, 0.4) is 0 Å². The fourth-order valence-corrected chi connectivity index (χ4v) is 1.03. The molecule has 1 rings (SSSR count). The van der Waals surface area contributed by atoms with Gasteiger partial charge in [-0.15, -0.1) is 0 Å². The lowest BCUT2D eigenvalue weighted by molar-refractivity contribution is -0.139. The highest BCUT2D eigenvalue weighted by atomic mass is 16.5. The van der Waals surface area contributed by atoms with Crippen LogP contribution in [0.2, 0.25) is 0 Å². The Morgan fingerprint density at radius 2 is 2.53 bits per heavy atom. The van der Waals surface area contributed by atoms with Crippen LogP contribution in [0.5, 0.6) is 0 Å². The summed E-state index contributed by atoms with van der Waals surface area (Å²) in [6.45, 7) is 1.63. The third-order valence-electron chi connectivity index (χ3n) is 1.79. The van der Waals surface area contributed by atoms with Crippen molar-refractivity contribution in [3.05, 3.63) is 30.1 Å². The number of nitriles is 1. The van der Waals surface area contributed by atoms with Gasteiger partial charge in [-0.05, 0) is 11.6 Å². The first-order valence-corrected chi connectivity index (χ1v) is 4.93. The average molecular weight is 232 g/mol. The Kier molecular flexibility index (Phi) is 5.17. The Morgan fingerprint density at radius 1 is 1.71 bits per heavy atom. The minimum atomic E-state index is -0.418. The molecule has 0 aromatic carbocycles. The number of ether oxygens (including phenoxy) is 1. The molecule has 0 fully saturated rings. The molecule has 0 amide bonds. The number of pyridine rings is 1. The largest absolute Gasteiger partial charge is 0.458 e. The van der Waals surface area contributed by atoms with E-state index in [-0.39, 0.29) is 6.61 Å². The molecule has 0 atom stereocenters. The van der Waals surface area contributed by atoms with Crippen molar-refractivity contribution in [1.82, 2.24) is 10.3 Å². The van der Waals surface area contributed by atoms with Crippen LogP contribution in [0, 0.1) is 11.5 Å². The van der Waals surface area contributed by atoms with Crippen molar-refractivity contribution < 1.29 is 9.53 Å². The van der Waals surface area contributed by atoms with Crippen LogP contribution in [0.25, 0.3) is 0 Å². The number of hydrogen-bond acceptors (Lipinski definition) is 5. The summed E-state index contributed by atoms with van der Waals surface area (Å²) in [5.41, 5.74) is 0.910. The van der Waals surface area contributed by atoms with E-state index in [1.54, 1.807) is 24.7 Å². The molecule has 1 N–H and O–H groups in total. The molecule has 1 aromatic heterocycles. The first-order valence-electron chi connectivity index (χ1n) is 4.93. The first kappa shape index (κ1) is 12.6. The lowest BCUT2D eigenvalue weighted by Crippen LogP contribution is -2.25. The molecule has 1 aromatic rings. The number of carbonyl (C=O) groups is 1. The summed E-state index contributed by atoms with van der Waals surface area (Å²) in [5.74, 6) is -0.106. The van der Waals surface area contributed by atoms with Crippen LogP contribution in [0.4, 0.5) is 0 Å². The first-order chi connectivity index (χ1) is 8.22. The second-order valence-electron chi connectivity index (χ2n) is 3.14. The monoisotopic (exact) mass is 232 g/mol. The fourth-order valence-electron chi connectivity index (χ4n) is 1.03. The van der Waals surface area contributed by atoms with Crippen molar-refractivity contribution in [3.8, 4) is 6.19 Å². The highest BCUT2D eigenvalue weighted by molar-refractivity contribution is 5.86. The predicted octanol–water partition coefficient (Wildman–Crippen LogP) is 0.614. The highest BCUT2D eigenvalue weighted by Crippen LogP contribution is 1.97. The van der Waals surface area contributed by atoms with Crippen molar-refractivity contribution in [1.29, 1.82) is 5.26 Å². The molecule has 0 spiro atoms. The second kappa shape index (κ2) is 6.95. The molecule has 0 radical (unpaired) electrons. The summed E-state index contributed by atoms with van der Waals surface area (Å²) in [4.78, 5) is 18.7. The number of carbonyl (C=O) groups excluding carboxylic acids is 1. The van der Waals surface area contributed by atoms with Crippen LogP contribution >= 0.6 is 0 Å². The van der Waals surface area contributed by atoms with Gasteiger partial charge in [0.1, 0.15) is 12.4 Å². The third-order valence-corrected chi connectivity index (χ3v) is 1.79. The van der Waals surface area contributed by atoms with Crippen LogP contribution in [0.1, 0.15) is 12.5 Å². The number of aliphatic imine (C=N–C) groups is 1. The van der Waals surface area contributed by atoms with Crippen LogP contribution < -0.4 is 5.32 Å². The van der Waals surface area contributed by atoms with Crippen molar-refractivity contribution in [2.24, 2.45) is 4.99 Å². The van der Waals surface area contributed by atoms with E-state index >= 15 is 0 Å². The molecule has 17 heavy (non-hydrogen) atoms. The maximum Gasteiger partial charge on any atom is 0.303 e. The minimum Gasteiger partial charge on any atom is -0.458 e. The Hall–Kier alpha value is -2.42. The molecule has 0 aliphatic rings. The summed E-state index contributed by atoms with van der Waals surface area (Å²) in [7, 11) is 0. The van der Waals surface area contributed by atoms with E-state index in [2.05, 4.69) is 15.3 Å². The number of hydrogen-bond donors (Lipinski definition) is 1. The van der Waals surface area contributed by atoms with Gasteiger partial charge in [-0.1, -0.05) is 6.07 Å². The Labute approximate surface area is 99.0 Å². The van der Waals surface area contributed by atoms with Crippen molar-refractivity contribution in [3.63, 3.8) is 0 Å². The van der Waals surface area contributed by atoms with E-state index in [0.29, 0.717) is 12.4 Å². The van der Waals surface area contributed by atoms with Gasteiger partial charge in [-0.2, -0.15) is 5.26 Å². The van der Waals surface area contributed by atoms with Gasteiger partial charge >= 0.3 is 5.97 Å². The maximum atomic E-state index is 10.6. The summed E-state index contributed by atoms with van der Waals surface area (Å²) in [6.07, 6.45) is 5.09. The molecule has 1 heterocycles. The Balaban J connectivity index is 2.58. The second-order valence-corrected chi connectivity index (χ2v) is 3.14. The summed E-state index contributed by atoms with van der Waals surface area (Å²) >= 11 is 0. The number of amidine groups is 1. The zero-order chi connectivity index (χ0) is 12.5. The van der Waals surface area contributed by atoms with Gasteiger partial charge in [-0.25, -0.2) is 0 Å². The van der Waals surface area contributed by atoms with E-state index in [4.69, 9.17) is 10.00 Å². The minimum absolute atomic E-state index is 0.0385. The van der Waals surface area contributed by atoms with Gasteiger partial charge in [0.2, 0.25) is 0 Å². The molecule has 6 nitrogen and oxygen atoms in total. The van der Waals surface area contributed by atoms with E-state index in [9.17, 15) is 4.79 Å².